The van der Waals surface area contributed by atoms with Gasteiger partial charge in [-0.15, -0.1) is 0 Å². The predicted molar refractivity (Wildman–Crippen MR) is 72.0 cm³/mol. The molecule has 2 heteroatoms. The Labute approximate surface area is 105 Å². The Bertz CT molecular complexity index is 362. The lowest BCUT2D eigenvalue weighted by Crippen LogP contribution is -2.37. The lowest BCUT2D eigenvalue weighted by Gasteiger charge is -2.32. The van der Waals surface area contributed by atoms with Crippen molar-refractivity contribution in [2.24, 2.45) is 11.7 Å². The van der Waals surface area contributed by atoms with Crippen molar-refractivity contribution in [2.45, 2.75) is 57.9 Å². The summed E-state index contributed by atoms with van der Waals surface area (Å²) in [6, 6.07) is 4.53. The molecular weight excluding hydrogens is 208 g/mol. The highest BCUT2D eigenvalue weighted by molar-refractivity contribution is 5.27. The second-order valence-electron chi connectivity index (χ2n) is 5.39. The molecule has 1 aliphatic carbocycles. The quantitative estimate of drug-likeness (QED) is 0.865. The Morgan fingerprint density at radius 1 is 1.53 bits per heavy atom. The molecule has 0 aliphatic heterocycles. The van der Waals surface area contributed by atoms with Crippen molar-refractivity contribution < 1.29 is 0 Å². The Morgan fingerprint density at radius 2 is 2.35 bits per heavy atom. The van der Waals surface area contributed by atoms with Crippen LogP contribution in [-0.4, -0.2) is 11.0 Å². The number of nitrogens with two attached hydrogens (primary N) is 1. The summed E-state index contributed by atoms with van der Waals surface area (Å²) in [5.74, 6) is 1.07. The first kappa shape index (κ1) is 12.6. The first-order chi connectivity index (χ1) is 8.24. The smallest absolute Gasteiger partial charge is 0.0481 e. The molecule has 0 saturated carbocycles. The number of fused-ring (bicyclic) bond motifs is 1. The molecule has 3 atom stereocenters. The van der Waals surface area contributed by atoms with Gasteiger partial charge in [0.25, 0.3) is 0 Å². The van der Waals surface area contributed by atoms with Crippen LogP contribution < -0.4 is 5.73 Å². The van der Waals surface area contributed by atoms with E-state index in [1.54, 1.807) is 0 Å². The highest BCUT2D eigenvalue weighted by atomic mass is 14.8. The van der Waals surface area contributed by atoms with Crippen LogP contribution in [-0.2, 0) is 6.42 Å². The number of aromatic nitrogens is 1. The molecule has 94 valence electrons. The number of aryl methyl sites for hydroxylation is 1. The topological polar surface area (TPSA) is 38.9 Å². The molecule has 0 fully saturated rings. The van der Waals surface area contributed by atoms with E-state index < -0.39 is 0 Å². The van der Waals surface area contributed by atoms with Crippen LogP contribution >= 0.6 is 0 Å². The number of hydrogen-bond donors (Lipinski definition) is 1. The zero-order valence-corrected chi connectivity index (χ0v) is 11.0. The van der Waals surface area contributed by atoms with E-state index in [9.17, 15) is 0 Å². The van der Waals surface area contributed by atoms with Gasteiger partial charge in [0, 0.05) is 23.9 Å². The first-order valence-electron chi connectivity index (χ1n) is 6.93. The Kier molecular flexibility index (Phi) is 4.16. The zero-order valence-electron chi connectivity index (χ0n) is 11.0. The lowest BCUT2D eigenvalue weighted by molar-refractivity contribution is 0.338. The fourth-order valence-corrected chi connectivity index (χ4v) is 3.06. The monoisotopic (exact) mass is 232 g/mol. The molecule has 0 saturated heterocycles. The lowest BCUT2D eigenvalue weighted by atomic mass is 9.77. The van der Waals surface area contributed by atoms with E-state index in [-0.39, 0.29) is 6.04 Å². The van der Waals surface area contributed by atoms with E-state index in [0.29, 0.717) is 11.8 Å². The highest BCUT2D eigenvalue weighted by Gasteiger charge is 2.29. The largest absolute Gasteiger partial charge is 0.327 e. The minimum Gasteiger partial charge on any atom is -0.327 e. The number of hydrogen-bond acceptors (Lipinski definition) is 2. The summed E-state index contributed by atoms with van der Waals surface area (Å²) in [6.45, 7) is 4.52. The molecule has 2 nitrogen and oxygen atoms in total. The van der Waals surface area contributed by atoms with Gasteiger partial charge >= 0.3 is 0 Å². The molecule has 0 aromatic carbocycles. The van der Waals surface area contributed by atoms with Crippen LogP contribution in [0.5, 0.6) is 0 Å². The van der Waals surface area contributed by atoms with Crippen molar-refractivity contribution in [1.29, 1.82) is 0 Å². The maximum absolute atomic E-state index is 6.45. The predicted octanol–water partition coefficient (Wildman–Crippen LogP) is 3.27. The van der Waals surface area contributed by atoms with Crippen molar-refractivity contribution in [3.63, 3.8) is 0 Å². The van der Waals surface area contributed by atoms with Crippen LogP contribution in [0.2, 0.25) is 0 Å². The zero-order chi connectivity index (χ0) is 12.3. The normalized spacial score (nSPS) is 22.9. The molecule has 1 aliphatic rings. The van der Waals surface area contributed by atoms with Crippen LogP contribution in [0.3, 0.4) is 0 Å². The second-order valence-corrected chi connectivity index (χ2v) is 5.39. The maximum atomic E-state index is 6.45. The molecule has 0 spiro atoms. The summed E-state index contributed by atoms with van der Waals surface area (Å²) in [5, 5.41) is 0. The van der Waals surface area contributed by atoms with Crippen molar-refractivity contribution in [2.75, 3.05) is 0 Å². The van der Waals surface area contributed by atoms with Crippen LogP contribution in [0.25, 0.3) is 0 Å². The number of rotatable bonds is 4. The van der Waals surface area contributed by atoms with Gasteiger partial charge < -0.3 is 5.73 Å². The molecule has 2 N–H and O–H groups in total. The van der Waals surface area contributed by atoms with Gasteiger partial charge in [0.1, 0.15) is 0 Å². The Morgan fingerprint density at radius 3 is 3.12 bits per heavy atom. The van der Waals surface area contributed by atoms with E-state index in [1.807, 2.05) is 12.3 Å². The molecular formula is C15H24N2. The fourth-order valence-electron chi connectivity index (χ4n) is 3.06. The van der Waals surface area contributed by atoms with Gasteiger partial charge in [-0.25, -0.2) is 0 Å². The van der Waals surface area contributed by atoms with Crippen LogP contribution in [0.1, 0.15) is 56.7 Å². The Hall–Kier alpha value is -0.890. The van der Waals surface area contributed by atoms with Gasteiger partial charge in [0.05, 0.1) is 0 Å². The van der Waals surface area contributed by atoms with E-state index in [1.165, 1.54) is 43.4 Å². The molecule has 1 aromatic rings. The van der Waals surface area contributed by atoms with Gasteiger partial charge in [-0.1, -0.05) is 26.3 Å². The summed E-state index contributed by atoms with van der Waals surface area (Å²) in [4.78, 5) is 4.58. The number of pyridine rings is 1. The molecule has 0 bridgehead atoms. The minimum atomic E-state index is 0.268. The SMILES string of the molecule is CCCC(C)C(N)C1CCCc2cccnc21. The average Bonchev–Trinajstić information content (AvgIpc) is 2.37. The van der Waals surface area contributed by atoms with Gasteiger partial charge in [-0.05, 0) is 43.2 Å². The summed E-state index contributed by atoms with van der Waals surface area (Å²) in [5.41, 5.74) is 9.14. The van der Waals surface area contributed by atoms with Gasteiger partial charge in [-0.3, -0.25) is 4.98 Å². The standard InChI is InChI=1S/C15H24N2/c1-3-6-11(2)14(16)13-9-4-7-12-8-5-10-17-15(12)13/h5,8,10-11,13-14H,3-4,6-7,9,16H2,1-2H3. The summed E-state index contributed by atoms with van der Waals surface area (Å²) >= 11 is 0. The molecule has 3 unspecified atom stereocenters. The highest BCUT2D eigenvalue weighted by Crippen LogP contribution is 2.34. The molecule has 17 heavy (non-hydrogen) atoms. The van der Waals surface area contributed by atoms with Crippen molar-refractivity contribution in [3.05, 3.63) is 29.6 Å². The van der Waals surface area contributed by atoms with Gasteiger partial charge in [0.2, 0.25) is 0 Å². The van der Waals surface area contributed by atoms with E-state index in [0.717, 1.165) is 0 Å². The summed E-state index contributed by atoms with van der Waals surface area (Å²) < 4.78 is 0. The Balaban J connectivity index is 2.17. The van der Waals surface area contributed by atoms with Gasteiger partial charge in [0.15, 0.2) is 0 Å². The summed E-state index contributed by atoms with van der Waals surface area (Å²) in [6.07, 6.45) is 7.99. The maximum Gasteiger partial charge on any atom is 0.0481 e. The molecule has 1 aromatic heterocycles. The average molecular weight is 232 g/mol. The third-order valence-corrected chi connectivity index (χ3v) is 4.10. The van der Waals surface area contributed by atoms with Crippen LogP contribution in [0.4, 0.5) is 0 Å². The second kappa shape index (κ2) is 5.63. The molecule has 0 amide bonds. The van der Waals surface area contributed by atoms with Crippen molar-refractivity contribution in [3.8, 4) is 0 Å². The molecule has 1 heterocycles. The third-order valence-electron chi connectivity index (χ3n) is 4.10. The van der Waals surface area contributed by atoms with Crippen LogP contribution in [0.15, 0.2) is 18.3 Å². The number of nitrogens with zero attached hydrogens (tertiary/aromatic N) is 1. The van der Waals surface area contributed by atoms with Gasteiger partial charge in [-0.2, -0.15) is 0 Å². The van der Waals surface area contributed by atoms with E-state index in [4.69, 9.17) is 5.73 Å². The first-order valence-corrected chi connectivity index (χ1v) is 6.93. The van der Waals surface area contributed by atoms with E-state index >= 15 is 0 Å². The summed E-state index contributed by atoms with van der Waals surface area (Å²) in [7, 11) is 0. The molecule has 2 rings (SSSR count). The van der Waals surface area contributed by atoms with Crippen molar-refractivity contribution >= 4 is 0 Å². The molecule has 0 radical (unpaired) electrons. The fraction of sp³-hybridized carbons (Fsp3) is 0.667. The van der Waals surface area contributed by atoms with Crippen LogP contribution in [0, 0.1) is 5.92 Å². The third kappa shape index (κ3) is 2.68. The minimum absolute atomic E-state index is 0.268. The van der Waals surface area contributed by atoms with Crippen molar-refractivity contribution in [1.82, 2.24) is 4.98 Å². The van der Waals surface area contributed by atoms with E-state index in [2.05, 4.69) is 24.9 Å².